The lowest BCUT2D eigenvalue weighted by molar-refractivity contribution is -0.136. The van der Waals surface area contributed by atoms with Gasteiger partial charge in [-0.1, -0.05) is 24.6 Å². The van der Waals surface area contributed by atoms with E-state index < -0.39 is 11.8 Å². The Morgan fingerprint density at radius 3 is 2.70 bits per heavy atom. The van der Waals surface area contributed by atoms with E-state index in [4.69, 9.17) is 16.3 Å². The molecule has 0 atom stereocenters. The van der Waals surface area contributed by atoms with Crippen molar-refractivity contribution in [1.29, 1.82) is 0 Å². The lowest BCUT2D eigenvalue weighted by Gasteiger charge is -2.16. The van der Waals surface area contributed by atoms with Crippen molar-refractivity contribution < 1.29 is 18.7 Å². The van der Waals surface area contributed by atoms with E-state index >= 15 is 0 Å². The van der Waals surface area contributed by atoms with Gasteiger partial charge in [-0.3, -0.25) is 4.79 Å². The van der Waals surface area contributed by atoms with Crippen molar-refractivity contribution in [2.24, 2.45) is 0 Å². The number of carbonyl (C=O) groups is 2. The third-order valence-corrected chi connectivity index (χ3v) is 3.97. The molecule has 0 fully saturated rings. The molecule has 4 nitrogen and oxygen atoms in total. The van der Waals surface area contributed by atoms with Gasteiger partial charge in [0, 0.05) is 17.8 Å². The molecule has 1 heterocycles. The van der Waals surface area contributed by atoms with Gasteiger partial charge < -0.3 is 9.64 Å². The molecule has 0 unspecified atom stereocenters. The molecule has 1 aromatic carbocycles. The minimum absolute atomic E-state index is 0.0741. The molecule has 0 saturated heterocycles. The highest BCUT2D eigenvalue weighted by molar-refractivity contribution is 6.32. The van der Waals surface area contributed by atoms with Crippen LogP contribution in [0.3, 0.4) is 0 Å². The van der Waals surface area contributed by atoms with E-state index in [1.165, 1.54) is 36.3 Å². The largest absolute Gasteiger partial charge is 0.465 e. The van der Waals surface area contributed by atoms with Crippen LogP contribution in [0.25, 0.3) is 6.08 Å². The van der Waals surface area contributed by atoms with E-state index in [1.54, 1.807) is 6.92 Å². The fourth-order valence-electron chi connectivity index (χ4n) is 2.51. The number of benzene rings is 1. The molecule has 1 aliphatic rings. The van der Waals surface area contributed by atoms with Crippen LogP contribution in [0.4, 0.5) is 4.39 Å². The van der Waals surface area contributed by atoms with Crippen LogP contribution in [0.5, 0.6) is 0 Å². The zero-order valence-electron chi connectivity index (χ0n) is 13.2. The number of hydrogen-bond acceptors (Lipinski definition) is 3. The topological polar surface area (TPSA) is 46.6 Å². The van der Waals surface area contributed by atoms with Gasteiger partial charge in [0.05, 0.1) is 23.3 Å². The van der Waals surface area contributed by atoms with Gasteiger partial charge in [0.15, 0.2) is 0 Å². The summed E-state index contributed by atoms with van der Waals surface area (Å²) in [6.07, 6.45) is 2.04. The van der Waals surface area contributed by atoms with Crippen LogP contribution in [0.1, 0.15) is 25.8 Å². The van der Waals surface area contributed by atoms with Crippen molar-refractivity contribution in [1.82, 2.24) is 4.90 Å². The highest BCUT2D eigenvalue weighted by Crippen LogP contribution is 2.33. The summed E-state index contributed by atoms with van der Waals surface area (Å²) in [5, 5.41) is 0.168. The lowest BCUT2D eigenvalue weighted by atomic mass is 10.0. The number of ether oxygens (including phenoxy) is 1. The summed E-state index contributed by atoms with van der Waals surface area (Å²) in [7, 11) is 1.24. The summed E-state index contributed by atoms with van der Waals surface area (Å²) < 4.78 is 18.8. The maximum absolute atomic E-state index is 14.0. The Labute approximate surface area is 139 Å². The average molecular weight is 338 g/mol. The van der Waals surface area contributed by atoms with Crippen LogP contribution < -0.4 is 0 Å². The zero-order chi connectivity index (χ0) is 17.1. The van der Waals surface area contributed by atoms with Crippen LogP contribution in [-0.2, 0) is 14.3 Å². The summed E-state index contributed by atoms with van der Waals surface area (Å²) in [6.45, 7) is 4.06. The number of allylic oxidation sites excluding steroid dienone is 1. The van der Waals surface area contributed by atoms with Gasteiger partial charge in [0.2, 0.25) is 0 Å². The molecule has 0 aliphatic carbocycles. The number of esters is 1. The molecular weight excluding hydrogens is 321 g/mol. The van der Waals surface area contributed by atoms with Crippen molar-refractivity contribution in [3.8, 4) is 0 Å². The highest BCUT2D eigenvalue weighted by atomic mass is 35.5. The third-order valence-electron chi connectivity index (χ3n) is 3.64. The van der Waals surface area contributed by atoms with Gasteiger partial charge in [-0.15, -0.1) is 0 Å². The first-order valence-corrected chi connectivity index (χ1v) is 7.57. The normalized spacial score (nSPS) is 16.5. The van der Waals surface area contributed by atoms with E-state index in [2.05, 4.69) is 0 Å². The van der Waals surface area contributed by atoms with E-state index in [-0.39, 0.29) is 27.6 Å². The summed E-state index contributed by atoms with van der Waals surface area (Å²) in [5.41, 5.74) is 0.813. The molecule has 0 aromatic heterocycles. The van der Waals surface area contributed by atoms with Crippen LogP contribution in [0.2, 0.25) is 5.02 Å². The Hall–Kier alpha value is -2.14. The number of hydrogen-bond donors (Lipinski definition) is 0. The monoisotopic (exact) mass is 337 g/mol. The molecule has 1 aromatic rings. The zero-order valence-corrected chi connectivity index (χ0v) is 13.9. The molecule has 2 rings (SSSR count). The van der Waals surface area contributed by atoms with Gasteiger partial charge in [0.1, 0.15) is 5.82 Å². The molecule has 0 saturated carbocycles. The second-order valence-corrected chi connectivity index (χ2v) is 5.51. The highest BCUT2D eigenvalue weighted by Gasteiger charge is 2.36. The van der Waals surface area contributed by atoms with E-state index in [9.17, 15) is 14.0 Å². The number of methoxy groups -OCH3 is 1. The number of nitrogens with zero attached hydrogens (tertiary/aromatic N) is 1. The van der Waals surface area contributed by atoms with Crippen LogP contribution in [0.15, 0.2) is 35.0 Å². The second kappa shape index (κ2) is 6.96. The van der Waals surface area contributed by atoms with Crippen molar-refractivity contribution in [2.45, 2.75) is 20.3 Å². The van der Waals surface area contributed by atoms with Crippen LogP contribution in [0, 0.1) is 5.82 Å². The Balaban J connectivity index is 2.61. The number of halogens is 2. The molecule has 122 valence electrons. The summed E-state index contributed by atoms with van der Waals surface area (Å²) in [6, 6.07) is 4.24. The van der Waals surface area contributed by atoms with Crippen molar-refractivity contribution in [2.75, 3.05) is 13.7 Å². The summed E-state index contributed by atoms with van der Waals surface area (Å²) >= 11 is 6.01. The fourth-order valence-corrected chi connectivity index (χ4v) is 2.73. The Morgan fingerprint density at radius 2 is 2.13 bits per heavy atom. The molecule has 0 radical (unpaired) electrons. The molecule has 1 amide bonds. The molecule has 0 N–H and O–H groups in total. The molecule has 6 heteroatoms. The van der Waals surface area contributed by atoms with Gasteiger partial charge >= 0.3 is 5.97 Å². The average Bonchev–Trinajstić information content (AvgIpc) is 2.75. The van der Waals surface area contributed by atoms with Gasteiger partial charge in [-0.05, 0) is 31.6 Å². The third kappa shape index (κ3) is 3.15. The van der Waals surface area contributed by atoms with Gasteiger partial charge in [0.25, 0.3) is 5.91 Å². The molecular formula is C17H17ClFNO3. The standard InChI is InChI=1S/C17H17ClFNO3/c1-4-8-20-10(2)15(17(22)23-3)12(16(20)21)9-11-13(18)6-5-7-14(11)19/h5-7,9H,4,8H2,1-3H3/b12-9-. The maximum Gasteiger partial charge on any atom is 0.340 e. The summed E-state index contributed by atoms with van der Waals surface area (Å²) in [4.78, 5) is 26.2. The quantitative estimate of drug-likeness (QED) is 0.623. The number of amides is 1. The minimum atomic E-state index is -0.631. The molecule has 23 heavy (non-hydrogen) atoms. The molecule has 1 aliphatic heterocycles. The number of rotatable bonds is 4. The predicted molar refractivity (Wildman–Crippen MR) is 86.1 cm³/mol. The van der Waals surface area contributed by atoms with Gasteiger partial charge in [-0.25, -0.2) is 9.18 Å². The molecule has 0 bridgehead atoms. The first-order chi connectivity index (χ1) is 10.9. The Bertz CT molecular complexity index is 704. The van der Waals surface area contributed by atoms with Crippen molar-refractivity contribution >= 4 is 29.6 Å². The van der Waals surface area contributed by atoms with Crippen LogP contribution in [-0.4, -0.2) is 30.4 Å². The van der Waals surface area contributed by atoms with Crippen LogP contribution >= 0.6 is 11.6 Å². The molecule has 0 spiro atoms. The second-order valence-electron chi connectivity index (χ2n) is 5.10. The summed E-state index contributed by atoms with van der Waals surface area (Å²) in [5.74, 6) is -1.55. The maximum atomic E-state index is 14.0. The SMILES string of the molecule is CCCN1C(=O)/C(=C\c2c(F)cccc2Cl)C(C(=O)OC)=C1C. The minimum Gasteiger partial charge on any atom is -0.465 e. The Morgan fingerprint density at radius 1 is 1.43 bits per heavy atom. The smallest absolute Gasteiger partial charge is 0.340 e. The van der Waals surface area contributed by atoms with Crippen molar-refractivity contribution in [3.05, 3.63) is 51.4 Å². The van der Waals surface area contributed by atoms with E-state index in [0.29, 0.717) is 12.2 Å². The van der Waals surface area contributed by atoms with E-state index in [0.717, 1.165) is 6.42 Å². The first-order valence-electron chi connectivity index (χ1n) is 7.19. The fraction of sp³-hybridized carbons (Fsp3) is 0.294. The number of carbonyl (C=O) groups excluding carboxylic acids is 2. The first kappa shape index (κ1) is 17.2. The van der Waals surface area contributed by atoms with Gasteiger partial charge in [-0.2, -0.15) is 0 Å². The lowest BCUT2D eigenvalue weighted by Crippen LogP contribution is -2.25. The predicted octanol–water partition coefficient (Wildman–Crippen LogP) is 3.56. The Kier molecular flexibility index (Phi) is 5.21. The van der Waals surface area contributed by atoms with Crippen molar-refractivity contribution in [3.63, 3.8) is 0 Å². The van der Waals surface area contributed by atoms with E-state index in [1.807, 2.05) is 6.92 Å².